The Bertz CT molecular complexity index is 559. The first-order valence-corrected chi connectivity index (χ1v) is 7.78. The van der Waals surface area contributed by atoms with E-state index in [4.69, 9.17) is 23.2 Å². The zero-order chi connectivity index (χ0) is 13.3. The third-order valence-corrected chi connectivity index (χ3v) is 5.16. The number of aromatic nitrogens is 1. The summed E-state index contributed by atoms with van der Waals surface area (Å²) < 4.78 is 22.7. The number of nitrogens with zero attached hydrogens (tertiary/aromatic N) is 1. The average Bonchev–Trinajstić information content (AvgIpc) is 2.52. The summed E-state index contributed by atoms with van der Waals surface area (Å²) in [6, 6.07) is 2.42. The summed E-state index contributed by atoms with van der Waals surface area (Å²) in [7, 11) is -3.17. The van der Waals surface area contributed by atoms with Crippen molar-refractivity contribution in [2.75, 3.05) is 11.5 Å². The molecule has 0 aliphatic carbocycles. The van der Waals surface area contributed by atoms with Crippen LogP contribution < -0.4 is 5.32 Å². The van der Waals surface area contributed by atoms with Crippen LogP contribution in [0, 0.1) is 0 Å². The molecule has 1 aromatic heterocycles. The highest BCUT2D eigenvalue weighted by atomic mass is 35.5. The van der Waals surface area contributed by atoms with Crippen LogP contribution in [0.4, 0.5) is 0 Å². The number of carbonyl (C=O) groups excluding carboxylic acids is 1. The lowest BCUT2D eigenvalue weighted by Crippen LogP contribution is -2.40. The molecule has 0 spiro atoms. The van der Waals surface area contributed by atoms with Gasteiger partial charge in [-0.2, -0.15) is 0 Å². The van der Waals surface area contributed by atoms with E-state index in [1.807, 2.05) is 0 Å². The number of alkyl halides is 1. The number of nitrogens with one attached hydrogen (secondary N) is 1. The van der Waals surface area contributed by atoms with Crippen molar-refractivity contribution >= 4 is 38.9 Å². The fraction of sp³-hybridized carbons (Fsp3) is 0.400. The summed E-state index contributed by atoms with van der Waals surface area (Å²) >= 11 is 11.5. The van der Waals surface area contributed by atoms with Crippen molar-refractivity contribution in [3.8, 4) is 0 Å². The molecule has 98 valence electrons. The molecule has 8 heteroatoms. The smallest absolute Gasteiger partial charge is 0.270 e. The normalized spacial score (nSPS) is 25.9. The SMILES string of the molecule is O=C(NC1CS(=O)(=O)CC1Cl)c1ccc(Cl)cn1. The van der Waals surface area contributed by atoms with Gasteiger partial charge in [-0.1, -0.05) is 11.6 Å². The third kappa shape index (κ3) is 3.13. The Labute approximate surface area is 114 Å². The van der Waals surface area contributed by atoms with Gasteiger partial charge in [0.15, 0.2) is 9.84 Å². The van der Waals surface area contributed by atoms with Crippen molar-refractivity contribution in [2.24, 2.45) is 0 Å². The number of carbonyl (C=O) groups is 1. The first-order chi connectivity index (χ1) is 8.37. The van der Waals surface area contributed by atoms with Gasteiger partial charge in [-0.05, 0) is 12.1 Å². The zero-order valence-electron chi connectivity index (χ0n) is 9.14. The summed E-state index contributed by atoms with van der Waals surface area (Å²) in [6.45, 7) is 0. The van der Waals surface area contributed by atoms with E-state index in [2.05, 4.69) is 10.3 Å². The minimum absolute atomic E-state index is 0.118. The first-order valence-electron chi connectivity index (χ1n) is 5.14. The number of rotatable bonds is 2. The maximum atomic E-state index is 11.8. The third-order valence-electron chi connectivity index (χ3n) is 2.56. The molecule has 2 unspecified atom stereocenters. The van der Waals surface area contributed by atoms with Crippen LogP contribution in [0.3, 0.4) is 0 Å². The maximum Gasteiger partial charge on any atom is 0.270 e. The van der Waals surface area contributed by atoms with Crippen LogP contribution in [0.15, 0.2) is 18.3 Å². The van der Waals surface area contributed by atoms with E-state index in [1.165, 1.54) is 18.3 Å². The number of hydrogen-bond acceptors (Lipinski definition) is 4. The quantitative estimate of drug-likeness (QED) is 0.823. The molecule has 1 amide bonds. The molecule has 0 saturated carbocycles. The topological polar surface area (TPSA) is 76.1 Å². The van der Waals surface area contributed by atoms with Crippen LogP contribution in [0.1, 0.15) is 10.5 Å². The van der Waals surface area contributed by atoms with E-state index in [0.29, 0.717) is 5.02 Å². The first kappa shape index (κ1) is 13.6. The highest BCUT2D eigenvalue weighted by molar-refractivity contribution is 7.91. The minimum atomic E-state index is -3.17. The molecule has 1 saturated heterocycles. The van der Waals surface area contributed by atoms with Crippen molar-refractivity contribution in [3.63, 3.8) is 0 Å². The molecular weight excluding hydrogens is 299 g/mol. The highest BCUT2D eigenvalue weighted by Gasteiger charge is 2.37. The summed E-state index contributed by atoms with van der Waals surface area (Å²) in [4.78, 5) is 15.6. The molecule has 2 rings (SSSR count). The van der Waals surface area contributed by atoms with Crippen LogP contribution in [0.5, 0.6) is 0 Å². The number of hydrogen-bond donors (Lipinski definition) is 1. The van der Waals surface area contributed by atoms with Crippen molar-refractivity contribution < 1.29 is 13.2 Å². The van der Waals surface area contributed by atoms with Gasteiger partial charge >= 0.3 is 0 Å². The lowest BCUT2D eigenvalue weighted by Gasteiger charge is -2.13. The molecule has 1 aromatic rings. The largest absolute Gasteiger partial charge is 0.345 e. The number of amides is 1. The summed E-state index contributed by atoms with van der Waals surface area (Å²) in [5.41, 5.74) is 0.174. The molecule has 18 heavy (non-hydrogen) atoms. The Morgan fingerprint density at radius 1 is 1.39 bits per heavy atom. The summed E-state index contributed by atoms with van der Waals surface area (Å²) in [6.07, 6.45) is 1.35. The van der Waals surface area contributed by atoms with E-state index in [-0.39, 0.29) is 17.2 Å². The maximum absolute atomic E-state index is 11.8. The van der Waals surface area contributed by atoms with Gasteiger partial charge in [0.2, 0.25) is 0 Å². The van der Waals surface area contributed by atoms with Crippen LogP contribution in [0.2, 0.25) is 5.02 Å². The van der Waals surface area contributed by atoms with Gasteiger partial charge in [0.05, 0.1) is 27.9 Å². The predicted molar refractivity (Wildman–Crippen MR) is 68.8 cm³/mol. The van der Waals surface area contributed by atoms with E-state index in [9.17, 15) is 13.2 Å². The number of pyridine rings is 1. The van der Waals surface area contributed by atoms with Crippen LogP contribution in [-0.4, -0.2) is 42.2 Å². The van der Waals surface area contributed by atoms with Crippen LogP contribution in [0.25, 0.3) is 0 Å². The fourth-order valence-electron chi connectivity index (χ4n) is 1.69. The summed E-state index contributed by atoms with van der Waals surface area (Å²) in [5, 5.41) is 2.38. The molecule has 0 aromatic carbocycles. The van der Waals surface area contributed by atoms with E-state index in [0.717, 1.165) is 0 Å². The fourth-order valence-corrected chi connectivity index (χ4v) is 4.35. The Balaban J connectivity index is 2.06. The van der Waals surface area contributed by atoms with Crippen molar-refractivity contribution in [1.82, 2.24) is 10.3 Å². The monoisotopic (exact) mass is 308 g/mol. The highest BCUT2D eigenvalue weighted by Crippen LogP contribution is 2.18. The lowest BCUT2D eigenvalue weighted by atomic mass is 10.2. The predicted octanol–water partition coefficient (Wildman–Crippen LogP) is 0.869. The van der Waals surface area contributed by atoms with E-state index in [1.54, 1.807) is 0 Å². The van der Waals surface area contributed by atoms with Gasteiger partial charge in [0.25, 0.3) is 5.91 Å². The molecule has 1 aliphatic rings. The lowest BCUT2D eigenvalue weighted by molar-refractivity contribution is 0.0936. The molecule has 0 radical (unpaired) electrons. The zero-order valence-corrected chi connectivity index (χ0v) is 11.5. The second-order valence-electron chi connectivity index (χ2n) is 4.03. The van der Waals surface area contributed by atoms with Gasteiger partial charge in [0, 0.05) is 6.20 Å². The van der Waals surface area contributed by atoms with E-state index < -0.39 is 27.2 Å². The molecule has 1 N–H and O–H groups in total. The standard InChI is InChI=1S/C10H10Cl2N2O3S/c11-6-1-2-8(13-3-6)10(15)14-9-5-18(16,17)4-7(9)12/h1-3,7,9H,4-5H2,(H,14,15). The molecule has 0 bridgehead atoms. The van der Waals surface area contributed by atoms with Crippen molar-refractivity contribution in [3.05, 3.63) is 29.0 Å². The van der Waals surface area contributed by atoms with Gasteiger partial charge in [-0.3, -0.25) is 4.79 Å². The van der Waals surface area contributed by atoms with Crippen molar-refractivity contribution in [2.45, 2.75) is 11.4 Å². The van der Waals surface area contributed by atoms with E-state index >= 15 is 0 Å². The van der Waals surface area contributed by atoms with Gasteiger partial charge in [-0.25, -0.2) is 13.4 Å². The minimum Gasteiger partial charge on any atom is -0.345 e. The van der Waals surface area contributed by atoms with Crippen LogP contribution >= 0.6 is 23.2 Å². The second kappa shape index (κ2) is 5.03. The molecule has 1 fully saturated rings. The van der Waals surface area contributed by atoms with Crippen LogP contribution in [-0.2, 0) is 9.84 Å². The average molecular weight is 309 g/mol. The van der Waals surface area contributed by atoms with Gasteiger partial charge < -0.3 is 5.32 Å². The second-order valence-corrected chi connectivity index (χ2v) is 7.19. The Morgan fingerprint density at radius 3 is 2.61 bits per heavy atom. The Morgan fingerprint density at radius 2 is 2.11 bits per heavy atom. The van der Waals surface area contributed by atoms with Crippen molar-refractivity contribution in [1.29, 1.82) is 0 Å². The van der Waals surface area contributed by atoms with Gasteiger partial charge in [-0.15, -0.1) is 11.6 Å². The molecule has 5 nitrogen and oxygen atoms in total. The van der Waals surface area contributed by atoms with Gasteiger partial charge in [0.1, 0.15) is 5.69 Å². The Hall–Kier alpha value is -0.850. The Kier molecular flexibility index (Phi) is 3.79. The molecule has 2 heterocycles. The number of halogens is 2. The molecule has 1 aliphatic heterocycles. The molecular formula is C10H10Cl2N2O3S. The number of sulfone groups is 1. The summed E-state index contributed by atoms with van der Waals surface area (Å²) in [5.74, 6) is -0.715. The molecule has 2 atom stereocenters.